The van der Waals surface area contributed by atoms with Crippen molar-refractivity contribution in [2.24, 2.45) is 0 Å². The van der Waals surface area contributed by atoms with E-state index >= 15 is 0 Å². The van der Waals surface area contributed by atoms with Gasteiger partial charge in [0.15, 0.2) is 17.4 Å². The van der Waals surface area contributed by atoms with Crippen LogP contribution in [0.4, 0.5) is 27.8 Å². The van der Waals surface area contributed by atoms with Crippen LogP contribution in [-0.4, -0.2) is 35.4 Å². The molecule has 5 rings (SSSR count). The average molecular weight is 509 g/mol. The molecule has 2 aliphatic rings. The second-order valence-corrected chi connectivity index (χ2v) is 8.40. The fourth-order valence-electron chi connectivity index (χ4n) is 4.25. The molecule has 0 bridgehead atoms. The number of morpholine rings is 1. The molecule has 3 aromatic rings. The number of aromatic nitrogens is 2. The molecule has 1 atom stereocenters. The SMILES string of the molecule is O=c1nc(OCc2cc(F)c(Oc3ccc(C(F)(F)F)cc3)c(F)c2)cc2n1CC[C@H]1COCCN21. The lowest BCUT2D eigenvalue weighted by Gasteiger charge is -2.41. The summed E-state index contributed by atoms with van der Waals surface area (Å²) in [6.07, 6.45) is -3.78. The number of anilines is 1. The minimum atomic E-state index is -4.54. The first-order valence-corrected chi connectivity index (χ1v) is 11.1. The van der Waals surface area contributed by atoms with E-state index in [1.165, 1.54) is 0 Å². The number of alkyl halides is 3. The lowest BCUT2D eigenvalue weighted by atomic mass is 10.1. The van der Waals surface area contributed by atoms with Crippen molar-refractivity contribution in [3.63, 3.8) is 0 Å². The second-order valence-electron chi connectivity index (χ2n) is 8.40. The van der Waals surface area contributed by atoms with E-state index < -0.39 is 34.8 Å². The van der Waals surface area contributed by atoms with Gasteiger partial charge in [0.1, 0.15) is 18.2 Å². The molecule has 1 saturated heterocycles. The monoisotopic (exact) mass is 509 g/mol. The molecule has 0 unspecified atom stereocenters. The number of rotatable bonds is 5. The number of benzene rings is 2. The van der Waals surface area contributed by atoms with Crippen molar-refractivity contribution in [2.45, 2.75) is 31.8 Å². The van der Waals surface area contributed by atoms with E-state index in [0.29, 0.717) is 32.1 Å². The highest BCUT2D eigenvalue weighted by Gasteiger charge is 2.31. The zero-order valence-electron chi connectivity index (χ0n) is 18.7. The van der Waals surface area contributed by atoms with Gasteiger partial charge >= 0.3 is 11.9 Å². The maximum atomic E-state index is 14.6. The Hall–Kier alpha value is -3.67. The van der Waals surface area contributed by atoms with Crippen molar-refractivity contribution >= 4 is 5.82 Å². The van der Waals surface area contributed by atoms with Crippen molar-refractivity contribution in [2.75, 3.05) is 24.7 Å². The van der Waals surface area contributed by atoms with Gasteiger partial charge in [-0.2, -0.15) is 18.2 Å². The maximum Gasteiger partial charge on any atom is 0.416 e. The molecule has 0 amide bonds. The van der Waals surface area contributed by atoms with E-state index in [9.17, 15) is 26.7 Å². The minimum absolute atomic E-state index is 0.0179. The molecule has 1 fully saturated rings. The molecule has 12 heteroatoms. The largest absolute Gasteiger partial charge is 0.473 e. The Kier molecular flexibility index (Phi) is 6.29. The van der Waals surface area contributed by atoms with Gasteiger partial charge in [-0.05, 0) is 48.4 Å². The Morgan fingerprint density at radius 2 is 1.78 bits per heavy atom. The van der Waals surface area contributed by atoms with E-state index in [1.54, 1.807) is 10.6 Å². The molecule has 0 N–H and O–H groups in total. The van der Waals surface area contributed by atoms with E-state index in [4.69, 9.17) is 14.2 Å². The van der Waals surface area contributed by atoms with E-state index in [1.807, 2.05) is 0 Å². The summed E-state index contributed by atoms with van der Waals surface area (Å²) in [6, 6.07) is 7.16. The fourth-order valence-corrected chi connectivity index (χ4v) is 4.25. The highest BCUT2D eigenvalue weighted by atomic mass is 19.4. The Balaban J connectivity index is 1.30. The Morgan fingerprint density at radius 1 is 1.06 bits per heavy atom. The van der Waals surface area contributed by atoms with Crippen LogP contribution in [0.1, 0.15) is 17.5 Å². The molecule has 2 aromatic carbocycles. The first kappa shape index (κ1) is 24.0. The van der Waals surface area contributed by atoms with Crippen LogP contribution in [-0.2, 0) is 24.1 Å². The number of halogens is 5. The highest BCUT2D eigenvalue weighted by Crippen LogP contribution is 2.33. The first-order chi connectivity index (χ1) is 17.2. The van der Waals surface area contributed by atoms with Gasteiger partial charge in [-0.25, -0.2) is 13.6 Å². The summed E-state index contributed by atoms with van der Waals surface area (Å²) in [4.78, 5) is 18.5. The van der Waals surface area contributed by atoms with Crippen LogP contribution in [0.3, 0.4) is 0 Å². The molecule has 7 nitrogen and oxygen atoms in total. The Labute approximate surface area is 201 Å². The van der Waals surface area contributed by atoms with Gasteiger partial charge < -0.3 is 19.1 Å². The summed E-state index contributed by atoms with van der Waals surface area (Å²) < 4.78 is 85.0. The average Bonchev–Trinajstić information content (AvgIpc) is 2.84. The predicted molar refractivity (Wildman–Crippen MR) is 117 cm³/mol. The number of hydrogen-bond acceptors (Lipinski definition) is 6. The zero-order valence-corrected chi connectivity index (χ0v) is 18.7. The van der Waals surface area contributed by atoms with Crippen molar-refractivity contribution in [3.8, 4) is 17.4 Å². The van der Waals surface area contributed by atoms with E-state index in [0.717, 1.165) is 42.8 Å². The molecule has 3 heterocycles. The molecule has 36 heavy (non-hydrogen) atoms. The molecule has 0 radical (unpaired) electrons. The topological polar surface area (TPSA) is 65.8 Å². The first-order valence-electron chi connectivity index (χ1n) is 11.1. The summed E-state index contributed by atoms with van der Waals surface area (Å²) in [7, 11) is 0. The van der Waals surface area contributed by atoms with Gasteiger partial charge in [-0.15, -0.1) is 0 Å². The number of ether oxygens (including phenoxy) is 3. The van der Waals surface area contributed by atoms with E-state index in [-0.39, 0.29) is 29.8 Å². The van der Waals surface area contributed by atoms with Crippen LogP contribution in [0.25, 0.3) is 0 Å². The van der Waals surface area contributed by atoms with Gasteiger partial charge in [-0.3, -0.25) is 4.57 Å². The van der Waals surface area contributed by atoms with Crippen molar-refractivity contribution in [1.82, 2.24) is 9.55 Å². The van der Waals surface area contributed by atoms with Crippen molar-refractivity contribution < 1.29 is 36.2 Å². The van der Waals surface area contributed by atoms with Crippen molar-refractivity contribution in [1.29, 1.82) is 0 Å². The molecule has 0 saturated carbocycles. The molecular weight excluding hydrogens is 489 g/mol. The lowest BCUT2D eigenvalue weighted by molar-refractivity contribution is -0.137. The Bertz CT molecular complexity index is 1300. The number of fused-ring (bicyclic) bond motifs is 3. The summed E-state index contributed by atoms with van der Waals surface area (Å²) in [5, 5.41) is 0. The third-order valence-electron chi connectivity index (χ3n) is 6.02. The van der Waals surface area contributed by atoms with E-state index in [2.05, 4.69) is 9.88 Å². The van der Waals surface area contributed by atoms with Gasteiger partial charge in [0.2, 0.25) is 5.88 Å². The smallest absolute Gasteiger partial charge is 0.416 e. The van der Waals surface area contributed by atoms with Gasteiger partial charge in [-0.1, -0.05) is 0 Å². The summed E-state index contributed by atoms with van der Waals surface area (Å²) in [5.41, 5.74) is -1.29. The standard InChI is InChI=1S/C24H20F5N3O4/c25-18-9-14(10-19(26)22(18)36-17-3-1-15(2-4-17)24(27,28)29)12-35-20-11-21-31-7-8-34-13-16(31)5-6-32(21)23(33)30-20/h1-4,9-11,16H,5-8,12-13H2/t16-/m0/s1. The highest BCUT2D eigenvalue weighted by molar-refractivity contribution is 5.45. The molecule has 190 valence electrons. The molecule has 2 aliphatic heterocycles. The minimum Gasteiger partial charge on any atom is -0.473 e. The molecule has 1 aromatic heterocycles. The third kappa shape index (κ3) is 4.85. The second kappa shape index (κ2) is 9.41. The summed E-state index contributed by atoms with van der Waals surface area (Å²) in [6.45, 7) is 1.93. The van der Waals surface area contributed by atoms with Gasteiger partial charge in [0, 0.05) is 19.2 Å². The predicted octanol–water partition coefficient (Wildman–Crippen LogP) is 4.52. The van der Waals surface area contributed by atoms with Crippen LogP contribution in [0.2, 0.25) is 0 Å². The van der Waals surface area contributed by atoms with Crippen LogP contribution < -0.4 is 20.1 Å². The van der Waals surface area contributed by atoms with Crippen LogP contribution >= 0.6 is 0 Å². The normalized spacial score (nSPS) is 17.4. The maximum absolute atomic E-state index is 14.6. The van der Waals surface area contributed by atoms with Crippen LogP contribution in [0.5, 0.6) is 17.4 Å². The quantitative estimate of drug-likeness (QED) is 0.472. The van der Waals surface area contributed by atoms with Gasteiger partial charge in [0.25, 0.3) is 0 Å². The Morgan fingerprint density at radius 3 is 2.47 bits per heavy atom. The number of nitrogens with zero attached hydrogens (tertiary/aromatic N) is 3. The van der Waals surface area contributed by atoms with Gasteiger partial charge in [0.05, 0.1) is 24.8 Å². The van der Waals surface area contributed by atoms with Crippen LogP contribution in [0, 0.1) is 11.6 Å². The zero-order chi connectivity index (χ0) is 25.4. The fraction of sp³-hybridized carbons (Fsp3) is 0.333. The van der Waals surface area contributed by atoms with Crippen LogP contribution in [0.15, 0.2) is 47.3 Å². The molecule has 0 spiro atoms. The lowest BCUT2D eigenvalue weighted by Crippen LogP contribution is -2.51. The molecule has 0 aliphatic carbocycles. The molecular formula is C24H20F5N3O4. The summed E-state index contributed by atoms with van der Waals surface area (Å²) >= 11 is 0. The third-order valence-corrected chi connectivity index (χ3v) is 6.02. The summed E-state index contributed by atoms with van der Waals surface area (Å²) in [5.74, 6) is -2.38. The van der Waals surface area contributed by atoms with Crippen molar-refractivity contribution in [3.05, 3.63) is 75.7 Å². The number of hydrogen-bond donors (Lipinski definition) is 0.